The summed E-state index contributed by atoms with van der Waals surface area (Å²) >= 11 is 0. The summed E-state index contributed by atoms with van der Waals surface area (Å²) in [5, 5.41) is 21.3. The molecule has 0 aliphatic heterocycles. The molecule has 100 valence electrons. The summed E-state index contributed by atoms with van der Waals surface area (Å²) in [5.74, 6) is -0.797. The van der Waals surface area contributed by atoms with Crippen LogP contribution >= 0.6 is 0 Å². The quantitative estimate of drug-likeness (QED) is 0.863. The predicted molar refractivity (Wildman–Crippen MR) is 74.1 cm³/mol. The number of carboxylic acids is 1. The molecule has 0 saturated heterocycles. The Kier molecular flexibility index (Phi) is 3.64. The van der Waals surface area contributed by atoms with Gasteiger partial charge in [0.15, 0.2) is 0 Å². The van der Waals surface area contributed by atoms with E-state index in [2.05, 4.69) is 15.5 Å². The monoisotopic (exact) mass is 259 g/mol. The van der Waals surface area contributed by atoms with E-state index in [1.165, 1.54) is 0 Å². The summed E-state index contributed by atoms with van der Waals surface area (Å²) in [6.45, 7) is 3.96. The van der Waals surface area contributed by atoms with Crippen molar-refractivity contribution in [1.82, 2.24) is 10.2 Å². The van der Waals surface area contributed by atoms with Gasteiger partial charge in [0.1, 0.15) is 0 Å². The normalized spacial score (nSPS) is 14.0. The minimum Gasteiger partial charge on any atom is -0.481 e. The van der Waals surface area contributed by atoms with Crippen LogP contribution in [0.1, 0.15) is 20.3 Å². The van der Waals surface area contributed by atoms with Crippen molar-refractivity contribution in [2.24, 2.45) is 5.41 Å². The predicted octanol–water partition coefficient (Wildman–Crippen LogP) is 2.54. The third-order valence-corrected chi connectivity index (χ3v) is 3.51. The molecular formula is C14H17N3O2. The number of fused-ring (bicyclic) bond motifs is 1. The first-order valence-corrected chi connectivity index (χ1v) is 6.24. The van der Waals surface area contributed by atoms with Gasteiger partial charge in [-0.2, -0.15) is 10.2 Å². The fourth-order valence-electron chi connectivity index (χ4n) is 1.79. The standard InChI is InChI=1S/C14H17N3O2/c1-3-14(2,13(18)19)9-15-12-8-16-17-11-7-5-4-6-10(11)12/h4-8H,3,9H2,1-2H3,(H,15,17)(H,18,19). The summed E-state index contributed by atoms with van der Waals surface area (Å²) in [4.78, 5) is 11.3. The van der Waals surface area contributed by atoms with Crippen LogP contribution in [0.15, 0.2) is 30.5 Å². The van der Waals surface area contributed by atoms with E-state index in [1.807, 2.05) is 31.2 Å². The average molecular weight is 259 g/mol. The highest BCUT2D eigenvalue weighted by Gasteiger charge is 2.30. The highest BCUT2D eigenvalue weighted by molar-refractivity contribution is 5.90. The molecule has 0 fully saturated rings. The molecule has 0 saturated carbocycles. The third kappa shape index (κ3) is 2.65. The van der Waals surface area contributed by atoms with Gasteiger partial charge in [-0.15, -0.1) is 0 Å². The Morgan fingerprint density at radius 2 is 2.16 bits per heavy atom. The summed E-state index contributed by atoms with van der Waals surface area (Å²) in [7, 11) is 0. The lowest BCUT2D eigenvalue weighted by molar-refractivity contribution is -0.147. The van der Waals surface area contributed by atoms with Crippen molar-refractivity contribution >= 4 is 22.6 Å². The van der Waals surface area contributed by atoms with Crippen LogP contribution in [-0.4, -0.2) is 27.8 Å². The Morgan fingerprint density at radius 1 is 1.42 bits per heavy atom. The summed E-state index contributed by atoms with van der Waals surface area (Å²) in [6, 6.07) is 7.64. The van der Waals surface area contributed by atoms with Crippen molar-refractivity contribution in [2.45, 2.75) is 20.3 Å². The molecule has 19 heavy (non-hydrogen) atoms. The largest absolute Gasteiger partial charge is 0.481 e. The first kappa shape index (κ1) is 13.3. The van der Waals surface area contributed by atoms with Crippen molar-refractivity contribution in [1.29, 1.82) is 0 Å². The van der Waals surface area contributed by atoms with Gasteiger partial charge in [0, 0.05) is 11.9 Å². The number of hydrogen-bond acceptors (Lipinski definition) is 4. The van der Waals surface area contributed by atoms with Gasteiger partial charge >= 0.3 is 5.97 Å². The number of aromatic nitrogens is 2. The van der Waals surface area contributed by atoms with E-state index in [0.717, 1.165) is 16.6 Å². The van der Waals surface area contributed by atoms with Gasteiger partial charge in [-0.05, 0) is 19.4 Å². The van der Waals surface area contributed by atoms with Crippen LogP contribution in [0, 0.1) is 5.41 Å². The van der Waals surface area contributed by atoms with Gasteiger partial charge in [-0.1, -0.05) is 25.1 Å². The van der Waals surface area contributed by atoms with Crippen molar-refractivity contribution in [3.05, 3.63) is 30.5 Å². The molecule has 1 unspecified atom stereocenters. The molecule has 0 radical (unpaired) electrons. The Balaban J connectivity index is 2.25. The Morgan fingerprint density at radius 3 is 2.84 bits per heavy atom. The molecule has 1 heterocycles. The molecule has 2 aromatic rings. The van der Waals surface area contributed by atoms with E-state index in [-0.39, 0.29) is 0 Å². The van der Waals surface area contributed by atoms with Crippen molar-refractivity contribution < 1.29 is 9.90 Å². The van der Waals surface area contributed by atoms with Gasteiger partial charge in [0.05, 0.1) is 22.8 Å². The van der Waals surface area contributed by atoms with Crippen molar-refractivity contribution in [2.75, 3.05) is 11.9 Å². The zero-order valence-corrected chi connectivity index (χ0v) is 11.1. The lowest BCUT2D eigenvalue weighted by atomic mass is 9.87. The zero-order chi connectivity index (χ0) is 13.9. The van der Waals surface area contributed by atoms with E-state index < -0.39 is 11.4 Å². The summed E-state index contributed by atoms with van der Waals surface area (Å²) < 4.78 is 0. The first-order chi connectivity index (χ1) is 9.07. The molecular weight excluding hydrogens is 242 g/mol. The Labute approximate surface area is 111 Å². The lowest BCUT2D eigenvalue weighted by Crippen LogP contribution is -2.34. The lowest BCUT2D eigenvalue weighted by Gasteiger charge is -2.24. The van der Waals surface area contributed by atoms with Crippen LogP contribution in [0.2, 0.25) is 0 Å². The molecule has 1 aromatic heterocycles. The number of rotatable bonds is 5. The summed E-state index contributed by atoms with van der Waals surface area (Å²) in [5.41, 5.74) is 0.817. The van der Waals surface area contributed by atoms with Crippen LogP contribution in [0.5, 0.6) is 0 Å². The molecule has 5 heteroatoms. The van der Waals surface area contributed by atoms with E-state index in [1.54, 1.807) is 13.1 Å². The van der Waals surface area contributed by atoms with Gasteiger partial charge in [-0.3, -0.25) is 4.79 Å². The second-order valence-electron chi connectivity index (χ2n) is 4.85. The van der Waals surface area contributed by atoms with Crippen molar-refractivity contribution in [3.63, 3.8) is 0 Å². The molecule has 2 rings (SSSR count). The molecule has 0 aliphatic carbocycles. The number of nitrogens with one attached hydrogen (secondary N) is 1. The molecule has 0 bridgehead atoms. The highest BCUT2D eigenvalue weighted by atomic mass is 16.4. The molecule has 2 N–H and O–H groups in total. The molecule has 5 nitrogen and oxygen atoms in total. The van der Waals surface area contributed by atoms with Crippen LogP contribution in [0.25, 0.3) is 10.9 Å². The number of nitrogens with zero attached hydrogens (tertiary/aromatic N) is 2. The van der Waals surface area contributed by atoms with Crippen LogP contribution < -0.4 is 5.32 Å². The summed E-state index contributed by atoms with van der Waals surface area (Å²) in [6.07, 6.45) is 2.19. The fraction of sp³-hybridized carbons (Fsp3) is 0.357. The van der Waals surface area contributed by atoms with E-state index in [9.17, 15) is 9.90 Å². The average Bonchev–Trinajstić information content (AvgIpc) is 2.44. The minimum absolute atomic E-state index is 0.356. The maximum absolute atomic E-state index is 11.3. The number of aliphatic carboxylic acids is 1. The van der Waals surface area contributed by atoms with E-state index in [0.29, 0.717) is 13.0 Å². The van der Waals surface area contributed by atoms with Gasteiger partial charge in [0.25, 0.3) is 0 Å². The first-order valence-electron chi connectivity index (χ1n) is 6.24. The SMILES string of the molecule is CCC(C)(CNc1cnnc2ccccc12)C(=O)O. The molecule has 0 amide bonds. The minimum atomic E-state index is -0.797. The zero-order valence-electron chi connectivity index (χ0n) is 11.1. The van der Waals surface area contributed by atoms with Crippen molar-refractivity contribution in [3.8, 4) is 0 Å². The second kappa shape index (κ2) is 5.22. The number of benzene rings is 1. The number of carboxylic acid groups (broad SMARTS) is 1. The number of anilines is 1. The van der Waals surface area contributed by atoms with Gasteiger partial charge in [0.2, 0.25) is 0 Å². The van der Waals surface area contributed by atoms with E-state index in [4.69, 9.17) is 0 Å². The van der Waals surface area contributed by atoms with Crippen LogP contribution in [0.4, 0.5) is 5.69 Å². The van der Waals surface area contributed by atoms with Crippen LogP contribution in [0.3, 0.4) is 0 Å². The Bertz CT molecular complexity index is 595. The smallest absolute Gasteiger partial charge is 0.311 e. The maximum Gasteiger partial charge on any atom is 0.311 e. The molecule has 1 atom stereocenters. The second-order valence-corrected chi connectivity index (χ2v) is 4.85. The molecule has 0 spiro atoms. The molecule has 1 aromatic carbocycles. The topological polar surface area (TPSA) is 75.1 Å². The van der Waals surface area contributed by atoms with E-state index >= 15 is 0 Å². The fourth-order valence-corrected chi connectivity index (χ4v) is 1.79. The van der Waals surface area contributed by atoms with Crippen LogP contribution in [-0.2, 0) is 4.79 Å². The van der Waals surface area contributed by atoms with Gasteiger partial charge in [-0.25, -0.2) is 0 Å². The highest BCUT2D eigenvalue weighted by Crippen LogP contribution is 2.25. The Hall–Kier alpha value is -2.17. The number of carbonyl (C=O) groups is 1. The number of hydrogen-bond donors (Lipinski definition) is 2. The maximum atomic E-state index is 11.3. The van der Waals surface area contributed by atoms with Gasteiger partial charge < -0.3 is 10.4 Å². The molecule has 0 aliphatic rings. The third-order valence-electron chi connectivity index (χ3n) is 3.51.